The molecule has 0 aliphatic carbocycles. The van der Waals surface area contributed by atoms with Gasteiger partial charge in [-0.1, -0.05) is 72.8 Å². The highest BCUT2D eigenvalue weighted by Gasteiger charge is 2.22. The van der Waals surface area contributed by atoms with Crippen molar-refractivity contribution in [2.24, 2.45) is 0 Å². The van der Waals surface area contributed by atoms with Crippen molar-refractivity contribution in [2.75, 3.05) is 0 Å². The van der Waals surface area contributed by atoms with Crippen LogP contribution in [-0.4, -0.2) is 9.97 Å². The molecule has 5 aromatic carbocycles. The zero-order chi connectivity index (χ0) is 25.2. The monoisotopic (exact) mass is 486 g/mol. The van der Waals surface area contributed by atoms with Gasteiger partial charge in [0.15, 0.2) is 0 Å². The average Bonchev–Trinajstić information content (AvgIpc) is 3.35. The number of benzene rings is 5. The number of hydrogen-bond acceptors (Lipinski definition) is 3. The maximum absolute atomic E-state index is 6.61. The van der Waals surface area contributed by atoms with Gasteiger partial charge in [0.05, 0.1) is 11.2 Å². The normalized spacial score (nSPS) is 12.2. The number of fused-ring (bicyclic) bond motifs is 5. The fourth-order valence-electron chi connectivity index (χ4n) is 5.97. The van der Waals surface area contributed by atoms with Crippen LogP contribution >= 0.6 is 0 Å². The number of aryl methyl sites for hydroxylation is 1. The summed E-state index contributed by atoms with van der Waals surface area (Å²) < 4.78 is 6.61. The van der Waals surface area contributed by atoms with Crippen molar-refractivity contribution in [2.45, 2.75) is 6.92 Å². The van der Waals surface area contributed by atoms with Crippen molar-refractivity contribution in [3.05, 3.63) is 120 Å². The fourth-order valence-corrected chi connectivity index (χ4v) is 5.97. The molecule has 0 atom stereocenters. The van der Waals surface area contributed by atoms with E-state index in [1.165, 1.54) is 16.2 Å². The minimum Gasteiger partial charge on any atom is -0.455 e. The van der Waals surface area contributed by atoms with Crippen LogP contribution in [-0.2, 0) is 0 Å². The van der Waals surface area contributed by atoms with Crippen molar-refractivity contribution in [1.29, 1.82) is 0 Å². The molecule has 0 fully saturated rings. The van der Waals surface area contributed by atoms with Crippen LogP contribution in [0.1, 0.15) is 16.7 Å². The van der Waals surface area contributed by atoms with Gasteiger partial charge in [-0.2, -0.15) is 0 Å². The number of pyridine rings is 2. The minimum absolute atomic E-state index is 0.910. The number of hydrogen-bond donors (Lipinski definition) is 0. The molecule has 3 heterocycles. The Bertz CT molecular complexity index is 2190. The lowest BCUT2D eigenvalue weighted by molar-refractivity contribution is 0.672. The third-order valence-corrected chi connectivity index (χ3v) is 7.67. The number of furan rings is 1. The molecule has 3 aromatic heterocycles. The largest absolute Gasteiger partial charge is 0.455 e. The van der Waals surface area contributed by atoms with E-state index in [4.69, 9.17) is 9.40 Å². The van der Waals surface area contributed by atoms with Crippen LogP contribution in [0.2, 0.25) is 0 Å². The summed E-state index contributed by atoms with van der Waals surface area (Å²) >= 11 is 0. The number of nitrogens with zero attached hydrogens (tertiary/aromatic N) is 2. The Morgan fingerprint density at radius 3 is 2.39 bits per heavy atom. The first-order valence-electron chi connectivity index (χ1n) is 12.8. The quantitative estimate of drug-likeness (QED) is 0.142. The highest BCUT2D eigenvalue weighted by atomic mass is 16.3. The first kappa shape index (κ1) is 21.1. The molecule has 3 nitrogen and oxygen atoms in total. The van der Waals surface area contributed by atoms with Gasteiger partial charge in [-0.3, -0.25) is 9.97 Å². The van der Waals surface area contributed by atoms with Crippen LogP contribution < -0.4 is 0 Å². The van der Waals surface area contributed by atoms with Crippen LogP contribution in [0, 0.1) is 6.92 Å². The Labute approximate surface area is 219 Å². The van der Waals surface area contributed by atoms with Crippen molar-refractivity contribution >= 4 is 66.5 Å². The maximum atomic E-state index is 6.61. The second kappa shape index (κ2) is 7.99. The summed E-state index contributed by atoms with van der Waals surface area (Å²) in [5.74, 6) is 0. The molecule has 0 bridgehead atoms. The van der Waals surface area contributed by atoms with Gasteiger partial charge in [0, 0.05) is 44.9 Å². The topological polar surface area (TPSA) is 38.9 Å². The summed E-state index contributed by atoms with van der Waals surface area (Å²) in [5.41, 5.74) is 8.38. The second-order valence-corrected chi connectivity index (χ2v) is 9.84. The molecule has 0 aliphatic heterocycles. The van der Waals surface area contributed by atoms with Gasteiger partial charge in [-0.25, -0.2) is 0 Å². The molecule has 3 heteroatoms. The molecule has 8 aromatic rings. The number of rotatable bonds is 3. The molecule has 0 spiro atoms. The Morgan fingerprint density at radius 2 is 1.47 bits per heavy atom. The van der Waals surface area contributed by atoms with E-state index in [1.807, 2.05) is 30.6 Å². The molecule has 0 aliphatic rings. The summed E-state index contributed by atoms with van der Waals surface area (Å²) in [6, 6.07) is 31.6. The highest BCUT2D eigenvalue weighted by molar-refractivity contribution is 6.37. The SMILES string of the molecule is Cc1cc2oc3c4ccccc4cc4c5cccnc5c(c1/C=C/c1ccccc1-c1ccccn1)c2c43. The van der Waals surface area contributed by atoms with Gasteiger partial charge in [0.25, 0.3) is 0 Å². The van der Waals surface area contributed by atoms with E-state index in [0.29, 0.717) is 0 Å². The molecule has 0 unspecified atom stereocenters. The molecule has 0 saturated heterocycles. The second-order valence-electron chi connectivity index (χ2n) is 9.84. The average molecular weight is 487 g/mol. The summed E-state index contributed by atoms with van der Waals surface area (Å²) in [7, 11) is 0. The van der Waals surface area contributed by atoms with E-state index < -0.39 is 0 Å². The Kier molecular flexibility index (Phi) is 4.44. The van der Waals surface area contributed by atoms with Crippen molar-refractivity contribution in [3.8, 4) is 11.3 Å². The summed E-state index contributed by atoms with van der Waals surface area (Å²) in [5, 5.41) is 8.12. The predicted octanol–water partition coefficient (Wildman–Crippen LogP) is 9.42. The van der Waals surface area contributed by atoms with Crippen LogP contribution in [0.3, 0.4) is 0 Å². The summed E-state index contributed by atoms with van der Waals surface area (Å²) in [6.07, 6.45) is 8.16. The molecule has 178 valence electrons. The lowest BCUT2D eigenvalue weighted by Gasteiger charge is -2.12. The zero-order valence-electron chi connectivity index (χ0n) is 20.8. The van der Waals surface area contributed by atoms with E-state index in [9.17, 15) is 0 Å². The van der Waals surface area contributed by atoms with Gasteiger partial charge in [0.2, 0.25) is 0 Å². The van der Waals surface area contributed by atoms with Gasteiger partial charge < -0.3 is 4.42 Å². The van der Waals surface area contributed by atoms with E-state index in [1.54, 1.807) is 0 Å². The first-order chi connectivity index (χ1) is 18.8. The first-order valence-corrected chi connectivity index (χ1v) is 12.8. The van der Waals surface area contributed by atoms with E-state index >= 15 is 0 Å². The smallest absolute Gasteiger partial charge is 0.143 e. The molecule has 0 N–H and O–H groups in total. The van der Waals surface area contributed by atoms with Crippen LogP contribution in [0.15, 0.2) is 108 Å². The van der Waals surface area contributed by atoms with Crippen molar-refractivity contribution < 1.29 is 4.42 Å². The van der Waals surface area contributed by atoms with Crippen LogP contribution in [0.4, 0.5) is 0 Å². The third kappa shape index (κ3) is 2.96. The minimum atomic E-state index is 0.910. The Hall–Kier alpha value is -5.02. The molecule has 0 amide bonds. The molecule has 0 saturated carbocycles. The zero-order valence-corrected chi connectivity index (χ0v) is 20.8. The lowest BCUT2D eigenvalue weighted by Crippen LogP contribution is -1.91. The van der Waals surface area contributed by atoms with Gasteiger partial charge >= 0.3 is 0 Å². The van der Waals surface area contributed by atoms with Gasteiger partial charge in [0.1, 0.15) is 11.2 Å². The van der Waals surface area contributed by atoms with E-state index in [2.05, 4.69) is 96.9 Å². The highest BCUT2D eigenvalue weighted by Crippen LogP contribution is 2.46. The van der Waals surface area contributed by atoms with Crippen LogP contribution in [0.5, 0.6) is 0 Å². The van der Waals surface area contributed by atoms with Crippen molar-refractivity contribution in [3.63, 3.8) is 0 Å². The van der Waals surface area contributed by atoms with E-state index in [-0.39, 0.29) is 0 Å². The Morgan fingerprint density at radius 1 is 0.658 bits per heavy atom. The van der Waals surface area contributed by atoms with Gasteiger partial charge in [-0.15, -0.1) is 0 Å². The molecule has 38 heavy (non-hydrogen) atoms. The predicted molar refractivity (Wildman–Crippen MR) is 159 cm³/mol. The summed E-state index contributed by atoms with van der Waals surface area (Å²) in [6.45, 7) is 2.16. The van der Waals surface area contributed by atoms with E-state index in [0.717, 1.165) is 66.2 Å². The molecular formula is C35H22N2O. The summed E-state index contributed by atoms with van der Waals surface area (Å²) in [4.78, 5) is 9.52. The molecule has 8 rings (SSSR count). The van der Waals surface area contributed by atoms with Crippen LogP contribution in [0.25, 0.3) is 77.8 Å². The number of aromatic nitrogens is 2. The Balaban J connectivity index is 1.47. The van der Waals surface area contributed by atoms with Crippen molar-refractivity contribution in [1.82, 2.24) is 9.97 Å². The van der Waals surface area contributed by atoms with Gasteiger partial charge in [-0.05, 0) is 64.7 Å². The maximum Gasteiger partial charge on any atom is 0.143 e. The third-order valence-electron chi connectivity index (χ3n) is 7.67. The fraction of sp³-hybridized carbons (Fsp3) is 0.0286. The molecule has 0 radical (unpaired) electrons. The lowest BCUT2D eigenvalue weighted by atomic mass is 9.90. The molecular weight excluding hydrogens is 464 g/mol. The standard InChI is InChI=1S/C35H22N2O/c1-21-19-30-33-31(24(21)16-15-22-9-2-4-11-25(22)29-14-6-7-17-36-29)34-27(13-8-18-37-34)28-20-23-10-3-5-12-26(23)35(38-30)32(28)33/h2-20H,1H3/b16-15+.